The van der Waals surface area contributed by atoms with E-state index >= 15 is 0 Å². The molecule has 4 rings (SSSR count). The van der Waals surface area contributed by atoms with Gasteiger partial charge in [-0.15, -0.1) is 0 Å². The molecule has 4 fully saturated rings. The lowest BCUT2D eigenvalue weighted by atomic mass is 9.59. The first-order chi connectivity index (χ1) is 10.2. The molecule has 3 saturated carbocycles. The van der Waals surface area contributed by atoms with Gasteiger partial charge < -0.3 is 15.4 Å². The van der Waals surface area contributed by atoms with Crippen LogP contribution in [0, 0.1) is 23.2 Å². The summed E-state index contributed by atoms with van der Waals surface area (Å²) in [6.45, 7) is 2.96. The first-order valence-electron chi connectivity index (χ1n) is 8.83. The second-order valence-corrected chi connectivity index (χ2v) is 7.76. The second-order valence-electron chi connectivity index (χ2n) is 7.76. The predicted octanol–water partition coefficient (Wildman–Crippen LogP) is 1.78. The van der Waals surface area contributed by atoms with Crippen molar-refractivity contribution >= 4 is 5.91 Å². The number of nitrogens with two attached hydrogens (primary N) is 1. The highest BCUT2D eigenvalue weighted by Crippen LogP contribution is 2.61. The minimum atomic E-state index is 0.224. The molecule has 21 heavy (non-hydrogen) atoms. The van der Waals surface area contributed by atoms with Crippen LogP contribution in [0.15, 0.2) is 0 Å². The lowest BCUT2D eigenvalue weighted by Crippen LogP contribution is -2.52. The molecule has 0 aromatic heterocycles. The lowest BCUT2D eigenvalue weighted by molar-refractivity contribution is -0.143. The number of fused-ring (bicyclic) bond motifs is 3. The first kappa shape index (κ1) is 14.0. The third kappa shape index (κ3) is 2.14. The zero-order valence-electron chi connectivity index (χ0n) is 12.9. The molecule has 4 heteroatoms. The summed E-state index contributed by atoms with van der Waals surface area (Å²) >= 11 is 0. The Labute approximate surface area is 127 Å². The molecule has 2 unspecified atom stereocenters. The monoisotopic (exact) mass is 292 g/mol. The van der Waals surface area contributed by atoms with Crippen LogP contribution in [0.2, 0.25) is 0 Å². The van der Waals surface area contributed by atoms with E-state index in [-0.39, 0.29) is 5.92 Å². The Bertz CT molecular complexity index is 417. The van der Waals surface area contributed by atoms with Gasteiger partial charge in [0.1, 0.15) is 0 Å². The standard InChI is InChI=1S/C17H28N2O2/c18-15-12-3-4-14(10-12)17(15)5-1-2-13(11-17)16(20)19-6-8-21-9-7-19/h12-15H,1-11,18H2/t12-,13?,14+,15+,17?/m1/s1. The molecule has 4 aliphatic rings. The molecule has 1 spiro atoms. The van der Waals surface area contributed by atoms with Crippen LogP contribution < -0.4 is 5.73 Å². The van der Waals surface area contributed by atoms with Crippen molar-refractivity contribution in [3.8, 4) is 0 Å². The molecule has 5 atom stereocenters. The highest BCUT2D eigenvalue weighted by molar-refractivity contribution is 5.79. The summed E-state index contributed by atoms with van der Waals surface area (Å²) < 4.78 is 5.37. The summed E-state index contributed by atoms with van der Waals surface area (Å²) in [5.41, 5.74) is 6.92. The highest BCUT2D eigenvalue weighted by atomic mass is 16.5. The van der Waals surface area contributed by atoms with E-state index in [9.17, 15) is 4.79 Å². The van der Waals surface area contributed by atoms with Gasteiger partial charge in [0.2, 0.25) is 5.91 Å². The second kappa shape index (κ2) is 5.24. The van der Waals surface area contributed by atoms with E-state index in [1.807, 2.05) is 4.90 Å². The maximum absolute atomic E-state index is 12.8. The number of hydrogen-bond donors (Lipinski definition) is 1. The van der Waals surface area contributed by atoms with Gasteiger partial charge in [-0.2, -0.15) is 0 Å². The van der Waals surface area contributed by atoms with Crippen molar-refractivity contribution < 1.29 is 9.53 Å². The Morgan fingerprint density at radius 3 is 2.71 bits per heavy atom. The number of hydrogen-bond acceptors (Lipinski definition) is 3. The molecule has 4 nitrogen and oxygen atoms in total. The molecule has 0 aromatic carbocycles. The molecule has 3 aliphatic carbocycles. The van der Waals surface area contributed by atoms with Gasteiger partial charge in [0.05, 0.1) is 13.2 Å². The Kier molecular flexibility index (Phi) is 3.49. The Hall–Kier alpha value is -0.610. The van der Waals surface area contributed by atoms with Gasteiger partial charge in [-0.25, -0.2) is 0 Å². The van der Waals surface area contributed by atoms with Crippen LogP contribution in [-0.4, -0.2) is 43.2 Å². The molecule has 2 N–H and O–H groups in total. The minimum Gasteiger partial charge on any atom is -0.378 e. The van der Waals surface area contributed by atoms with E-state index in [2.05, 4.69) is 0 Å². The zero-order valence-corrected chi connectivity index (χ0v) is 12.9. The number of morpholine rings is 1. The third-order valence-electron chi connectivity index (χ3n) is 6.95. The normalized spacial score (nSPS) is 46.2. The maximum Gasteiger partial charge on any atom is 0.225 e. The molecule has 1 aliphatic heterocycles. The highest BCUT2D eigenvalue weighted by Gasteiger charge is 2.58. The van der Waals surface area contributed by atoms with Crippen molar-refractivity contribution in [3.05, 3.63) is 0 Å². The topological polar surface area (TPSA) is 55.6 Å². The van der Waals surface area contributed by atoms with Crippen molar-refractivity contribution in [1.82, 2.24) is 4.90 Å². The number of amides is 1. The maximum atomic E-state index is 12.8. The number of ether oxygens (including phenoxy) is 1. The Balaban J connectivity index is 1.49. The summed E-state index contributed by atoms with van der Waals surface area (Å²) in [5.74, 6) is 2.15. The fourth-order valence-corrected chi connectivity index (χ4v) is 5.87. The minimum absolute atomic E-state index is 0.224. The fraction of sp³-hybridized carbons (Fsp3) is 0.941. The Morgan fingerprint density at radius 2 is 2.00 bits per heavy atom. The summed E-state index contributed by atoms with van der Waals surface area (Å²) in [5, 5.41) is 0. The third-order valence-corrected chi connectivity index (χ3v) is 6.95. The number of carbonyl (C=O) groups is 1. The molecule has 1 saturated heterocycles. The molecule has 0 aromatic rings. The van der Waals surface area contributed by atoms with Gasteiger partial charge in [0.25, 0.3) is 0 Å². The number of rotatable bonds is 1. The van der Waals surface area contributed by atoms with Crippen LogP contribution in [0.4, 0.5) is 0 Å². The molecular formula is C17H28N2O2. The summed E-state index contributed by atoms with van der Waals surface area (Å²) in [4.78, 5) is 14.9. The van der Waals surface area contributed by atoms with Gasteiger partial charge in [0, 0.05) is 25.0 Å². The SMILES string of the molecule is N[C@H]1[C@@H]2CC[C@@H](C2)C12CCCC(C(=O)N1CCOCC1)C2. The molecule has 0 radical (unpaired) electrons. The smallest absolute Gasteiger partial charge is 0.225 e. The summed E-state index contributed by atoms with van der Waals surface area (Å²) in [7, 11) is 0. The molecule has 1 amide bonds. The molecule has 1 heterocycles. The average Bonchev–Trinajstić information content (AvgIpc) is 3.11. The predicted molar refractivity (Wildman–Crippen MR) is 80.6 cm³/mol. The molecule has 2 bridgehead atoms. The average molecular weight is 292 g/mol. The lowest BCUT2D eigenvalue weighted by Gasteiger charge is -2.48. The van der Waals surface area contributed by atoms with Crippen molar-refractivity contribution in [3.63, 3.8) is 0 Å². The van der Waals surface area contributed by atoms with Crippen molar-refractivity contribution in [2.24, 2.45) is 28.9 Å². The first-order valence-corrected chi connectivity index (χ1v) is 8.83. The van der Waals surface area contributed by atoms with Crippen molar-refractivity contribution in [2.75, 3.05) is 26.3 Å². The largest absolute Gasteiger partial charge is 0.378 e. The van der Waals surface area contributed by atoms with Gasteiger partial charge >= 0.3 is 0 Å². The van der Waals surface area contributed by atoms with E-state index in [4.69, 9.17) is 10.5 Å². The quantitative estimate of drug-likeness (QED) is 0.801. The van der Waals surface area contributed by atoms with Crippen LogP contribution >= 0.6 is 0 Å². The summed E-state index contributed by atoms with van der Waals surface area (Å²) in [6, 6.07) is 0.358. The molecular weight excluding hydrogens is 264 g/mol. The van der Waals surface area contributed by atoms with Gasteiger partial charge in [0.15, 0.2) is 0 Å². The van der Waals surface area contributed by atoms with Gasteiger partial charge in [-0.1, -0.05) is 6.42 Å². The van der Waals surface area contributed by atoms with Crippen LogP contribution in [0.3, 0.4) is 0 Å². The van der Waals surface area contributed by atoms with Crippen LogP contribution in [0.5, 0.6) is 0 Å². The van der Waals surface area contributed by atoms with E-state index < -0.39 is 0 Å². The molecule has 118 valence electrons. The Morgan fingerprint density at radius 1 is 1.19 bits per heavy atom. The number of carbonyl (C=O) groups excluding carboxylic acids is 1. The van der Waals surface area contributed by atoms with Gasteiger partial charge in [-0.3, -0.25) is 4.79 Å². The van der Waals surface area contributed by atoms with E-state index in [0.29, 0.717) is 30.6 Å². The summed E-state index contributed by atoms with van der Waals surface area (Å²) in [6.07, 6.45) is 8.61. The van der Waals surface area contributed by atoms with Crippen LogP contribution in [-0.2, 0) is 9.53 Å². The van der Waals surface area contributed by atoms with Crippen LogP contribution in [0.25, 0.3) is 0 Å². The van der Waals surface area contributed by atoms with Crippen LogP contribution in [0.1, 0.15) is 44.9 Å². The zero-order chi connectivity index (χ0) is 14.4. The van der Waals surface area contributed by atoms with E-state index in [1.165, 1.54) is 32.1 Å². The van der Waals surface area contributed by atoms with Crippen molar-refractivity contribution in [2.45, 2.75) is 51.0 Å². The fourth-order valence-electron chi connectivity index (χ4n) is 5.87. The van der Waals surface area contributed by atoms with E-state index in [1.54, 1.807) is 0 Å². The van der Waals surface area contributed by atoms with Gasteiger partial charge in [-0.05, 0) is 55.8 Å². The number of nitrogens with zero attached hydrogens (tertiary/aromatic N) is 1. The van der Waals surface area contributed by atoms with E-state index in [0.717, 1.165) is 37.8 Å². The van der Waals surface area contributed by atoms with Crippen molar-refractivity contribution in [1.29, 1.82) is 0 Å².